The first kappa shape index (κ1) is 16.1. The number of hydrogen-bond donors (Lipinski definition) is 2. The van der Waals surface area contributed by atoms with Gasteiger partial charge in [0.25, 0.3) is 0 Å². The fourth-order valence-corrected chi connectivity index (χ4v) is 2.85. The molecule has 2 rings (SSSR count). The molecule has 1 unspecified atom stereocenters. The lowest BCUT2D eigenvalue weighted by Crippen LogP contribution is -2.32. The summed E-state index contributed by atoms with van der Waals surface area (Å²) in [6.45, 7) is 4.90. The third-order valence-electron chi connectivity index (χ3n) is 4.01. The first-order valence-corrected chi connectivity index (χ1v) is 8.14. The monoisotopic (exact) mass is 292 g/mol. The molecular formula is C17H28N2O2. The molecule has 21 heavy (non-hydrogen) atoms. The van der Waals surface area contributed by atoms with Crippen LogP contribution in [0.4, 0.5) is 5.69 Å². The van der Waals surface area contributed by atoms with Crippen LogP contribution in [0.5, 0.6) is 5.75 Å². The van der Waals surface area contributed by atoms with Crippen molar-refractivity contribution < 1.29 is 9.84 Å². The highest BCUT2D eigenvalue weighted by atomic mass is 16.5. The first-order valence-electron chi connectivity index (χ1n) is 8.14. The van der Waals surface area contributed by atoms with Crippen LogP contribution in [0.15, 0.2) is 18.2 Å². The molecule has 0 aliphatic carbocycles. The Bertz CT molecular complexity index is 437. The summed E-state index contributed by atoms with van der Waals surface area (Å²) in [7, 11) is 0. The van der Waals surface area contributed by atoms with Gasteiger partial charge in [-0.05, 0) is 30.9 Å². The molecule has 1 atom stereocenters. The zero-order chi connectivity index (χ0) is 15.1. The van der Waals surface area contributed by atoms with Gasteiger partial charge in [0, 0.05) is 19.6 Å². The quantitative estimate of drug-likeness (QED) is 0.722. The first-order chi connectivity index (χ1) is 10.3. The lowest BCUT2D eigenvalue weighted by atomic mass is 10.0. The van der Waals surface area contributed by atoms with Crippen LogP contribution >= 0.6 is 0 Å². The second kappa shape index (κ2) is 8.25. The van der Waals surface area contributed by atoms with Crippen molar-refractivity contribution in [3.05, 3.63) is 23.8 Å². The largest absolute Gasteiger partial charge is 0.489 e. The molecule has 1 aromatic rings. The number of unbranched alkanes of at least 4 members (excludes halogenated alkanes) is 2. The molecule has 0 radical (unpaired) electrons. The maximum Gasteiger partial charge on any atom is 0.143 e. The number of nitrogens with two attached hydrogens (primary N) is 1. The van der Waals surface area contributed by atoms with Crippen molar-refractivity contribution in [2.45, 2.75) is 45.1 Å². The zero-order valence-electron chi connectivity index (χ0n) is 13.1. The molecule has 4 nitrogen and oxygen atoms in total. The molecule has 0 amide bonds. The molecule has 0 aromatic heterocycles. The van der Waals surface area contributed by atoms with Gasteiger partial charge in [0.2, 0.25) is 0 Å². The lowest BCUT2D eigenvalue weighted by Gasteiger charge is -2.33. The predicted octanol–water partition coefficient (Wildman–Crippen LogP) is 2.33. The van der Waals surface area contributed by atoms with Crippen molar-refractivity contribution in [2.75, 3.05) is 31.1 Å². The fourth-order valence-electron chi connectivity index (χ4n) is 2.85. The number of aliphatic hydroxyl groups is 1. The van der Waals surface area contributed by atoms with E-state index in [1.165, 1.54) is 36.9 Å². The van der Waals surface area contributed by atoms with Crippen molar-refractivity contribution in [3.63, 3.8) is 0 Å². The number of rotatable bonds is 8. The second-order valence-corrected chi connectivity index (χ2v) is 5.76. The van der Waals surface area contributed by atoms with E-state index in [1.54, 1.807) is 0 Å². The molecule has 3 N–H and O–H groups in total. The minimum atomic E-state index is -0.599. The van der Waals surface area contributed by atoms with Crippen molar-refractivity contribution in [1.82, 2.24) is 0 Å². The van der Waals surface area contributed by atoms with E-state index in [9.17, 15) is 5.11 Å². The van der Waals surface area contributed by atoms with Crippen LogP contribution in [0.3, 0.4) is 0 Å². The highest BCUT2D eigenvalue weighted by Crippen LogP contribution is 2.36. The lowest BCUT2D eigenvalue weighted by molar-refractivity contribution is 0.114. The zero-order valence-corrected chi connectivity index (χ0v) is 13.1. The summed E-state index contributed by atoms with van der Waals surface area (Å²) in [5, 5.41) is 9.60. The average Bonchev–Trinajstić information content (AvgIpc) is 2.52. The molecule has 1 heterocycles. The fraction of sp³-hybridized carbons (Fsp3) is 0.647. The van der Waals surface area contributed by atoms with Gasteiger partial charge in [-0.15, -0.1) is 0 Å². The van der Waals surface area contributed by atoms with Crippen molar-refractivity contribution in [3.8, 4) is 5.75 Å². The number of hydrogen-bond acceptors (Lipinski definition) is 4. The van der Waals surface area contributed by atoms with E-state index < -0.39 is 6.10 Å². The molecule has 1 aromatic carbocycles. The Morgan fingerprint density at radius 1 is 1.38 bits per heavy atom. The Balaban J connectivity index is 2.11. The van der Waals surface area contributed by atoms with Gasteiger partial charge >= 0.3 is 0 Å². The van der Waals surface area contributed by atoms with E-state index in [1.807, 2.05) is 12.1 Å². The SMILES string of the molecule is CCCCCN1CCCc2cccc(OCC(O)CN)c21. The molecule has 0 bridgehead atoms. The minimum absolute atomic E-state index is 0.231. The van der Waals surface area contributed by atoms with E-state index in [4.69, 9.17) is 10.5 Å². The van der Waals surface area contributed by atoms with Gasteiger partial charge < -0.3 is 20.5 Å². The Labute approximate surface area is 127 Å². The summed E-state index contributed by atoms with van der Waals surface area (Å²) in [6, 6.07) is 6.23. The second-order valence-electron chi connectivity index (χ2n) is 5.76. The molecule has 0 fully saturated rings. The van der Waals surface area contributed by atoms with Crippen LogP contribution in [0.2, 0.25) is 0 Å². The summed E-state index contributed by atoms with van der Waals surface area (Å²) < 4.78 is 5.82. The normalized spacial score (nSPS) is 15.7. The van der Waals surface area contributed by atoms with Gasteiger partial charge in [-0.1, -0.05) is 31.9 Å². The van der Waals surface area contributed by atoms with Gasteiger partial charge in [-0.3, -0.25) is 0 Å². The molecule has 0 spiro atoms. The number of nitrogens with zero attached hydrogens (tertiary/aromatic N) is 1. The Morgan fingerprint density at radius 3 is 3.00 bits per heavy atom. The Kier molecular flexibility index (Phi) is 6.33. The van der Waals surface area contributed by atoms with Gasteiger partial charge in [0.05, 0.1) is 5.69 Å². The standard InChI is InChI=1S/C17H28N2O2/c1-2-3-4-10-19-11-6-8-14-7-5-9-16(17(14)19)21-13-15(20)12-18/h5,7,9,15,20H,2-4,6,8,10-13,18H2,1H3. The van der Waals surface area contributed by atoms with Crippen LogP contribution in [0, 0.1) is 0 Å². The van der Waals surface area contributed by atoms with Crippen LogP contribution < -0.4 is 15.4 Å². The highest BCUT2D eigenvalue weighted by Gasteiger charge is 2.21. The molecule has 0 saturated heterocycles. The van der Waals surface area contributed by atoms with E-state index >= 15 is 0 Å². The van der Waals surface area contributed by atoms with E-state index in [0.29, 0.717) is 0 Å². The maximum absolute atomic E-state index is 9.60. The van der Waals surface area contributed by atoms with Crippen LogP contribution in [-0.2, 0) is 6.42 Å². The van der Waals surface area contributed by atoms with Crippen LogP contribution in [0.1, 0.15) is 38.2 Å². The number of benzene rings is 1. The van der Waals surface area contributed by atoms with Gasteiger partial charge in [0.1, 0.15) is 18.5 Å². The number of anilines is 1. The summed E-state index contributed by atoms with van der Waals surface area (Å²) in [4.78, 5) is 2.44. The molecule has 4 heteroatoms. The number of aliphatic hydroxyl groups excluding tert-OH is 1. The molecule has 118 valence electrons. The number of aryl methyl sites for hydroxylation is 1. The molecule has 0 saturated carbocycles. The van der Waals surface area contributed by atoms with Crippen LogP contribution in [-0.4, -0.2) is 37.5 Å². The van der Waals surface area contributed by atoms with E-state index in [2.05, 4.69) is 17.9 Å². The van der Waals surface area contributed by atoms with Crippen molar-refractivity contribution in [2.24, 2.45) is 5.73 Å². The number of fused-ring (bicyclic) bond motifs is 1. The number of para-hydroxylation sites is 1. The average molecular weight is 292 g/mol. The van der Waals surface area contributed by atoms with E-state index in [-0.39, 0.29) is 13.2 Å². The smallest absolute Gasteiger partial charge is 0.143 e. The van der Waals surface area contributed by atoms with Crippen molar-refractivity contribution >= 4 is 5.69 Å². The van der Waals surface area contributed by atoms with Gasteiger partial charge in [-0.25, -0.2) is 0 Å². The molecule has 1 aliphatic rings. The summed E-state index contributed by atoms with van der Waals surface area (Å²) in [5.74, 6) is 0.885. The third-order valence-corrected chi connectivity index (χ3v) is 4.01. The van der Waals surface area contributed by atoms with Crippen molar-refractivity contribution in [1.29, 1.82) is 0 Å². The summed E-state index contributed by atoms with van der Waals surface area (Å²) in [5.41, 5.74) is 8.03. The predicted molar refractivity (Wildman–Crippen MR) is 87.1 cm³/mol. The summed E-state index contributed by atoms with van der Waals surface area (Å²) >= 11 is 0. The molecule has 1 aliphatic heterocycles. The summed E-state index contributed by atoms with van der Waals surface area (Å²) in [6.07, 6.45) is 5.43. The molecular weight excluding hydrogens is 264 g/mol. The Morgan fingerprint density at radius 2 is 2.24 bits per heavy atom. The topological polar surface area (TPSA) is 58.7 Å². The Hall–Kier alpha value is -1.26. The van der Waals surface area contributed by atoms with E-state index in [0.717, 1.165) is 25.3 Å². The van der Waals surface area contributed by atoms with Gasteiger partial charge in [-0.2, -0.15) is 0 Å². The number of ether oxygens (including phenoxy) is 1. The van der Waals surface area contributed by atoms with Crippen LogP contribution in [0.25, 0.3) is 0 Å². The third kappa shape index (κ3) is 4.35. The highest BCUT2D eigenvalue weighted by molar-refractivity contribution is 5.65. The maximum atomic E-state index is 9.60. The minimum Gasteiger partial charge on any atom is -0.489 e. The van der Waals surface area contributed by atoms with Gasteiger partial charge in [0.15, 0.2) is 0 Å².